The molecule has 0 fully saturated rings. The highest BCUT2D eigenvalue weighted by Crippen LogP contribution is 2.24. The minimum atomic E-state index is 0.781. The van der Waals surface area contributed by atoms with E-state index in [-0.39, 0.29) is 0 Å². The standard InChI is InChI=1S/C24H27N5/c1-4-5-18-29(3)24-16-14-23(15-17-24)28-27-22-12-10-21(11-13-22)26-25-20-8-6-19(2)7-9-20/h6-17H,4-5,18H2,1-3H3. The van der Waals surface area contributed by atoms with Gasteiger partial charge in [0, 0.05) is 19.3 Å². The molecule has 0 N–H and O–H groups in total. The first-order valence-corrected chi connectivity index (χ1v) is 9.95. The molecule has 3 rings (SSSR count). The molecule has 0 radical (unpaired) electrons. The van der Waals surface area contributed by atoms with Crippen LogP contribution < -0.4 is 4.90 Å². The summed E-state index contributed by atoms with van der Waals surface area (Å²) in [6, 6.07) is 23.6. The molecular formula is C24H27N5. The van der Waals surface area contributed by atoms with Gasteiger partial charge >= 0.3 is 0 Å². The van der Waals surface area contributed by atoms with Crippen LogP contribution >= 0.6 is 0 Å². The number of unbranched alkanes of at least 4 members (excludes halogenated alkanes) is 1. The number of hydrogen-bond donors (Lipinski definition) is 0. The monoisotopic (exact) mass is 385 g/mol. The maximum absolute atomic E-state index is 4.32. The van der Waals surface area contributed by atoms with Crippen LogP contribution in [0, 0.1) is 6.92 Å². The number of azo groups is 2. The fraction of sp³-hybridized carbons (Fsp3) is 0.250. The zero-order valence-electron chi connectivity index (χ0n) is 17.3. The molecule has 0 saturated heterocycles. The van der Waals surface area contributed by atoms with Crippen LogP contribution in [0.2, 0.25) is 0 Å². The molecule has 0 aliphatic carbocycles. The average Bonchev–Trinajstić information content (AvgIpc) is 2.76. The van der Waals surface area contributed by atoms with Crippen molar-refractivity contribution in [3.8, 4) is 0 Å². The summed E-state index contributed by atoms with van der Waals surface area (Å²) < 4.78 is 0. The summed E-state index contributed by atoms with van der Waals surface area (Å²) in [5.41, 5.74) is 5.63. The number of hydrogen-bond acceptors (Lipinski definition) is 5. The van der Waals surface area contributed by atoms with Gasteiger partial charge in [-0.3, -0.25) is 0 Å². The number of benzene rings is 3. The lowest BCUT2D eigenvalue weighted by molar-refractivity contribution is 0.767. The molecule has 0 heterocycles. The molecule has 0 spiro atoms. The third-order valence-electron chi connectivity index (χ3n) is 4.58. The van der Waals surface area contributed by atoms with Gasteiger partial charge in [-0.05, 0) is 74.0 Å². The van der Waals surface area contributed by atoms with Crippen molar-refractivity contribution in [1.29, 1.82) is 0 Å². The highest BCUT2D eigenvalue weighted by molar-refractivity contribution is 5.53. The van der Waals surface area contributed by atoms with E-state index in [9.17, 15) is 0 Å². The number of rotatable bonds is 8. The predicted octanol–water partition coefficient (Wildman–Crippen LogP) is 8.06. The second kappa shape index (κ2) is 10.3. The van der Waals surface area contributed by atoms with Crippen LogP contribution in [0.3, 0.4) is 0 Å². The van der Waals surface area contributed by atoms with Crippen LogP contribution in [0.15, 0.2) is 93.3 Å². The van der Waals surface area contributed by atoms with Gasteiger partial charge in [0.25, 0.3) is 0 Å². The summed E-state index contributed by atoms with van der Waals surface area (Å²) >= 11 is 0. The second-order valence-electron chi connectivity index (χ2n) is 7.04. The molecule has 0 atom stereocenters. The summed E-state index contributed by atoms with van der Waals surface area (Å²) in [7, 11) is 2.11. The van der Waals surface area contributed by atoms with E-state index < -0.39 is 0 Å². The molecular weight excluding hydrogens is 358 g/mol. The molecule has 0 amide bonds. The Morgan fingerprint density at radius 1 is 0.621 bits per heavy atom. The van der Waals surface area contributed by atoms with Crippen molar-refractivity contribution >= 4 is 28.4 Å². The first-order chi connectivity index (χ1) is 14.1. The van der Waals surface area contributed by atoms with Gasteiger partial charge in [-0.15, -0.1) is 0 Å². The summed E-state index contributed by atoms with van der Waals surface area (Å²) in [5.74, 6) is 0. The van der Waals surface area contributed by atoms with Gasteiger partial charge < -0.3 is 4.90 Å². The highest BCUT2D eigenvalue weighted by Gasteiger charge is 2.00. The maximum atomic E-state index is 4.32. The Morgan fingerprint density at radius 2 is 1.00 bits per heavy atom. The van der Waals surface area contributed by atoms with Crippen LogP contribution in [0.1, 0.15) is 25.3 Å². The Balaban J connectivity index is 1.59. The van der Waals surface area contributed by atoms with Crippen molar-refractivity contribution in [2.75, 3.05) is 18.5 Å². The van der Waals surface area contributed by atoms with Gasteiger partial charge in [-0.1, -0.05) is 31.0 Å². The second-order valence-corrected chi connectivity index (χ2v) is 7.04. The first-order valence-electron chi connectivity index (χ1n) is 9.95. The maximum Gasteiger partial charge on any atom is 0.0858 e. The van der Waals surface area contributed by atoms with Crippen molar-refractivity contribution in [3.05, 3.63) is 78.4 Å². The van der Waals surface area contributed by atoms with E-state index in [1.54, 1.807) is 0 Å². The van der Waals surface area contributed by atoms with E-state index in [0.29, 0.717) is 0 Å². The molecule has 5 nitrogen and oxygen atoms in total. The molecule has 0 aliphatic rings. The van der Waals surface area contributed by atoms with E-state index >= 15 is 0 Å². The topological polar surface area (TPSA) is 52.7 Å². The van der Waals surface area contributed by atoms with Gasteiger partial charge in [0.15, 0.2) is 0 Å². The predicted molar refractivity (Wildman–Crippen MR) is 121 cm³/mol. The van der Waals surface area contributed by atoms with E-state index in [1.165, 1.54) is 24.1 Å². The van der Waals surface area contributed by atoms with Crippen LogP contribution in [0.5, 0.6) is 0 Å². The fourth-order valence-corrected chi connectivity index (χ4v) is 2.73. The third-order valence-corrected chi connectivity index (χ3v) is 4.58. The Hall–Kier alpha value is -3.34. The Bertz CT molecular complexity index is 942. The summed E-state index contributed by atoms with van der Waals surface area (Å²) in [6.45, 7) is 5.32. The van der Waals surface area contributed by atoms with Crippen LogP contribution in [-0.2, 0) is 0 Å². The summed E-state index contributed by atoms with van der Waals surface area (Å²) in [6.07, 6.45) is 2.39. The molecule has 5 heteroatoms. The number of nitrogens with zero attached hydrogens (tertiary/aromatic N) is 5. The largest absolute Gasteiger partial charge is 0.375 e. The van der Waals surface area contributed by atoms with Crippen molar-refractivity contribution in [1.82, 2.24) is 0 Å². The summed E-state index contributed by atoms with van der Waals surface area (Å²) in [5, 5.41) is 17.1. The molecule has 3 aromatic rings. The van der Waals surface area contributed by atoms with Crippen molar-refractivity contribution in [2.24, 2.45) is 20.5 Å². The molecule has 0 aromatic heterocycles. The van der Waals surface area contributed by atoms with E-state index in [1.807, 2.05) is 60.7 Å². The molecule has 0 aliphatic heterocycles. The smallest absolute Gasteiger partial charge is 0.0858 e. The van der Waals surface area contributed by atoms with Gasteiger partial charge in [0.1, 0.15) is 0 Å². The SMILES string of the molecule is CCCCN(C)c1ccc(N=Nc2ccc(N=Nc3ccc(C)cc3)cc2)cc1. The summed E-state index contributed by atoms with van der Waals surface area (Å²) in [4.78, 5) is 2.26. The van der Waals surface area contributed by atoms with E-state index in [2.05, 4.69) is 58.4 Å². The Labute approximate surface area is 172 Å². The number of anilines is 1. The van der Waals surface area contributed by atoms with Crippen molar-refractivity contribution < 1.29 is 0 Å². The molecule has 29 heavy (non-hydrogen) atoms. The zero-order valence-corrected chi connectivity index (χ0v) is 17.3. The minimum absolute atomic E-state index is 0.781. The molecule has 0 saturated carbocycles. The fourth-order valence-electron chi connectivity index (χ4n) is 2.73. The van der Waals surface area contributed by atoms with Gasteiger partial charge in [-0.25, -0.2) is 0 Å². The first kappa shape index (κ1) is 20.4. The van der Waals surface area contributed by atoms with Crippen molar-refractivity contribution in [2.45, 2.75) is 26.7 Å². The molecule has 148 valence electrons. The van der Waals surface area contributed by atoms with Crippen molar-refractivity contribution in [3.63, 3.8) is 0 Å². The Kier molecular flexibility index (Phi) is 7.22. The van der Waals surface area contributed by atoms with E-state index in [0.717, 1.165) is 29.3 Å². The average molecular weight is 386 g/mol. The van der Waals surface area contributed by atoms with Crippen LogP contribution in [0.25, 0.3) is 0 Å². The minimum Gasteiger partial charge on any atom is -0.375 e. The molecule has 0 bridgehead atoms. The van der Waals surface area contributed by atoms with Crippen LogP contribution in [-0.4, -0.2) is 13.6 Å². The zero-order chi connectivity index (χ0) is 20.5. The quantitative estimate of drug-likeness (QED) is 0.362. The highest BCUT2D eigenvalue weighted by atomic mass is 15.1. The van der Waals surface area contributed by atoms with Gasteiger partial charge in [0.05, 0.1) is 22.7 Å². The lowest BCUT2D eigenvalue weighted by Crippen LogP contribution is -2.17. The molecule has 0 unspecified atom stereocenters. The normalized spacial score (nSPS) is 11.4. The van der Waals surface area contributed by atoms with Gasteiger partial charge in [0.2, 0.25) is 0 Å². The Morgan fingerprint density at radius 3 is 1.41 bits per heavy atom. The van der Waals surface area contributed by atoms with Crippen LogP contribution in [0.4, 0.5) is 28.4 Å². The van der Waals surface area contributed by atoms with E-state index in [4.69, 9.17) is 0 Å². The lowest BCUT2D eigenvalue weighted by atomic mass is 10.2. The number of aryl methyl sites for hydroxylation is 1. The van der Waals surface area contributed by atoms with Gasteiger partial charge in [-0.2, -0.15) is 20.5 Å². The third kappa shape index (κ3) is 6.35. The lowest BCUT2D eigenvalue weighted by Gasteiger charge is -2.18. The molecule has 3 aromatic carbocycles.